The number of amides is 1. The highest BCUT2D eigenvalue weighted by Gasteiger charge is 2.48. The van der Waals surface area contributed by atoms with E-state index in [0.717, 1.165) is 15.6 Å². The Morgan fingerprint density at radius 2 is 1.81 bits per heavy atom. The average Bonchev–Trinajstić information content (AvgIpc) is 3.13. The molecule has 0 radical (unpaired) electrons. The average molecular weight is 418 g/mol. The number of methoxy groups -OCH3 is 1. The summed E-state index contributed by atoms with van der Waals surface area (Å²) >= 11 is 3.40. The first kappa shape index (κ1) is 18.5. The van der Waals surface area contributed by atoms with Gasteiger partial charge in [0.25, 0.3) is 0 Å². The topological polar surface area (TPSA) is 55.8 Å². The lowest BCUT2D eigenvalue weighted by Gasteiger charge is -2.27. The van der Waals surface area contributed by atoms with Crippen molar-refractivity contribution in [2.75, 3.05) is 20.2 Å². The zero-order chi connectivity index (χ0) is 18.6. The predicted molar refractivity (Wildman–Crippen MR) is 101 cm³/mol. The Kier molecular flexibility index (Phi) is 5.61. The Morgan fingerprint density at radius 3 is 2.46 bits per heavy atom. The van der Waals surface area contributed by atoms with Gasteiger partial charge in [-0.3, -0.25) is 4.79 Å². The number of hydrogen-bond donors (Lipinski definition) is 0. The summed E-state index contributed by atoms with van der Waals surface area (Å²) in [4.78, 5) is 26.6. The minimum Gasteiger partial charge on any atom is -0.468 e. The van der Waals surface area contributed by atoms with Crippen molar-refractivity contribution in [1.29, 1.82) is 0 Å². The van der Waals surface area contributed by atoms with E-state index >= 15 is 0 Å². The van der Waals surface area contributed by atoms with E-state index in [2.05, 4.69) is 15.9 Å². The van der Waals surface area contributed by atoms with Crippen LogP contribution in [0.2, 0.25) is 0 Å². The number of benzene rings is 2. The molecule has 6 heteroatoms. The normalized spacial score (nSPS) is 19.2. The molecule has 26 heavy (non-hydrogen) atoms. The number of hydrogen-bond acceptors (Lipinski definition) is 4. The van der Waals surface area contributed by atoms with Gasteiger partial charge >= 0.3 is 12.1 Å². The van der Waals surface area contributed by atoms with Gasteiger partial charge in [0.05, 0.1) is 7.11 Å². The third-order valence-electron chi connectivity index (χ3n) is 4.71. The third-order valence-corrected chi connectivity index (χ3v) is 5.23. The van der Waals surface area contributed by atoms with Crippen LogP contribution in [-0.4, -0.2) is 37.2 Å². The van der Waals surface area contributed by atoms with Gasteiger partial charge in [0, 0.05) is 17.6 Å². The lowest BCUT2D eigenvalue weighted by Crippen LogP contribution is -2.41. The fourth-order valence-corrected chi connectivity index (χ4v) is 3.52. The van der Waals surface area contributed by atoms with Gasteiger partial charge in [0.1, 0.15) is 12.0 Å². The third kappa shape index (κ3) is 3.75. The summed E-state index contributed by atoms with van der Waals surface area (Å²) in [7, 11) is 1.37. The summed E-state index contributed by atoms with van der Waals surface area (Å²) in [5.74, 6) is -0.335. The maximum atomic E-state index is 12.6. The molecule has 0 aromatic heterocycles. The van der Waals surface area contributed by atoms with Crippen LogP contribution in [0.25, 0.3) is 0 Å². The Bertz CT molecular complexity index is 778. The molecule has 2 aromatic carbocycles. The predicted octanol–water partition coefficient (Wildman–Crippen LogP) is 3.90. The molecule has 0 spiro atoms. The molecule has 0 aliphatic carbocycles. The number of esters is 1. The van der Waals surface area contributed by atoms with Gasteiger partial charge in [0.15, 0.2) is 0 Å². The van der Waals surface area contributed by atoms with Crippen molar-refractivity contribution in [3.05, 3.63) is 70.2 Å². The van der Waals surface area contributed by atoms with E-state index < -0.39 is 11.5 Å². The molecule has 136 valence electrons. The quantitative estimate of drug-likeness (QED) is 0.707. The van der Waals surface area contributed by atoms with Crippen molar-refractivity contribution in [1.82, 2.24) is 4.90 Å². The largest absolute Gasteiger partial charge is 0.468 e. The maximum absolute atomic E-state index is 12.6. The van der Waals surface area contributed by atoms with Crippen LogP contribution in [0.1, 0.15) is 17.5 Å². The first-order valence-electron chi connectivity index (χ1n) is 8.35. The minimum atomic E-state index is -0.860. The summed E-state index contributed by atoms with van der Waals surface area (Å²) in [6, 6.07) is 17.1. The molecule has 0 N–H and O–H groups in total. The van der Waals surface area contributed by atoms with Crippen LogP contribution in [0.15, 0.2) is 59.1 Å². The molecular formula is C20H20BrNO4. The summed E-state index contributed by atoms with van der Waals surface area (Å²) < 4.78 is 11.4. The monoisotopic (exact) mass is 417 g/mol. The number of likely N-dealkylation sites (tertiary alicyclic amines) is 1. The second kappa shape index (κ2) is 7.91. The van der Waals surface area contributed by atoms with E-state index in [-0.39, 0.29) is 19.1 Å². The smallest absolute Gasteiger partial charge is 0.410 e. The summed E-state index contributed by atoms with van der Waals surface area (Å²) in [6.45, 7) is 0.896. The van der Waals surface area contributed by atoms with Gasteiger partial charge in [-0.2, -0.15) is 0 Å². The highest BCUT2D eigenvalue weighted by Crippen LogP contribution is 2.36. The standard InChI is InChI=1S/C20H20BrNO4/c1-25-18(23)20(16-7-9-17(21)10-8-16)11-12-22(14-20)19(24)26-13-15-5-3-2-4-6-15/h2-10H,11-14H2,1H3. The lowest BCUT2D eigenvalue weighted by molar-refractivity contribution is -0.147. The zero-order valence-electron chi connectivity index (χ0n) is 14.5. The molecule has 0 saturated carbocycles. The molecular weight excluding hydrogens is 398 g/mol. The molecule has 1 fully saturated rings. The first-order valence-corrected chi connectivity index (χ1v) is 9.14. The molecule has 3 rings (SSSR count). The number of ether oxygens (including phenoxy) is 2. The van der Waals surface area contributed by atoms with Crippen LogP contribution in [0, 0.1) is 0 Å². The molecule has 1 heterocycles. The highest BCUT2D eigenvalue weighted by molar-refractivity contribution is 9.10. The molecule has 1 aliphatic heterocycles. The summed E-state index contributed by atoms with van der Waals surface area (Å²) in [5.41, 5.74) is 0.902. The van der Waals surface area contributed by atoms with E-state index in [1.165, 1.54) is 7.11 Å². The Balaban J connectivity index is 1.73. The van der Waals surface area contributed by atoms with Gasteiger partial charge in [-0.25, -0.2) is 4.79 Å². The second-order valence-electron chi connectivity index (χ2n) is 6.29. The van der Waals surface area contributed by atoms with Crippen LogP contribution < -0.4 is 0 Å². The van der Waals surface area contributed by atoms with Crippen LogP contribution in [0.3, 0.4) is 0 Å². The van der Waals surface area contributed by atoms with Crippen LogP contribution in [0.5, 0.6) is 0 Å². The van der Waals surface area contributed by atoms with Crippen molar-refractivity contribution >= 4 is 28.0 Å². The van der Waals surface area contributed by atoms with Crippen LogP contribution in [-0.2, 0) is 26.3 Å². The second-order valence-corrected chi connectivity index (χ2v) is 7.21. The molecule has 2 aromatic rings. The highest BCUT2D eigenvalue weighted by atomic mass is 79.9. The summed E-state index contributed by atoms with van der Waals surface area (Å²) in [6.07, 6.45) is 0.0820. The fraction of sp³-hybridized carbons (Fsp3) is 0.300. The minimum absolute atomic E-state index is 0.208. The van der Waals surface area contributed by atoms with Crippen LogP contribution in [0.4, 0.5) is 4.79 Å². The SMILES string of the molecule is COC(=O)C1(c2ccc(Br)cc2)CCN(C(=O)OCc2ccccc2)C1. The van der Waals surface area contributed by atoms with Gasteiger partial charge < -0.3 is 14.4 Å². The Morgan fingerprint density at radius 1 is 1.12 bits per heavy atom. The van der Waals surface area contributed by atoms with E-state index in [1.807, 2.05) is 54.6 Å². The van der Waals surface area contributed by atoms with Gasteiger partial charge in [0.2, 0.25) is 0 Å². The first-order chi connectivity index (χ1) is 12.5. The van der Waals surface area contributed by atoms with E-state index in [0.29, 0.717) is 13.0 Å². The van der Waals surface area contributed by atoms with Crippen molar-refractivity contribution in [2.45, 2.75) is 18.4 Å². The number of halogens is 1. The van der Waals surface area contributed by atoms with Crippen molar-refractivity contribution < 1.29 is 19.1 Å². The van der Waals surface area contributed by atoms with Gasteiger partial charge in [-0.1, -0.05) is 58.4 Å². The fourth-order valence-electron chi connectivity index (χ4n) is 3.26. The number of nitrogens with zero attached hydrogens (tertiary/aromatic N) is 1. The van der Waals surface area contributed by atoms with Crippen molar-refractivity contribution in [2.24, 2.45) is 0 Å². The van der Waals surface area contributed by atoms with Crippen LogP contribution >= 0.6 is 15.9 Å². The van der Waals surface area contributed by atoms with Gasteiger partial charge in [-0.05, 0) is 29.7 Å². The molecule has 1 saturated heterocycles. The van der Waals surface area contributed by atoms with Crippen molar-refractivity contribution in [3.8, 4) is 0 Å². The maximum Gasteiger partial charge on any atom is 0.410 e. The van der Waals surface area contributed by atoms with E-state index in [1.54, 1.807) is 4.90 Å². The Labute approximate surface area is 161 Å². The van der Waals surface area contributed by atoms with Gasteiger partial charge in [-0.15, -0.1) is 0 Å². The van der Waals surface area contributed by atoms with Crippen molar-refractivity contribution in [3.63, 3.8) is 0 Å². The molecule has 1 atom stereocenters. The Hall–Kier alpha value is -2.34. The molecule has 1 unspecified atom stereocenters. The summed E-state index contributed by atoms with van der Waals surface area (Å²) in [5, 5.41) is 0. The molecule has 1 aliphatic rings. The lowest BCUT2D eigenvalue weighted by atomic mass is 9.80. The number of rotatable bonds is 4. The van der Waals surface area contributed by atoms with E-state index in [4.69, 9.17) is 9.47 Å². The number of carbonyl (C=O) groups excluding carboxylic acids is 2. The molecule has 0 bridgehead atoms. The molecule has 5 nitrogen and oxygen atoms in total. The molecule has 1 amide bonds. The zero-order valence-corrected chi connectivity index (χ0v) is 16.1. The number of carbonyl (C=O) groups is 2. The van der Waals surface area contributed by atoms with E-state index in [9.17, 15) is 9.59 Å².